The number of nitrogens with zero attached hydrogens (tertiary/aromatic N) is 1. The highest BCUT2D eigenvalue weighted by atomic mass is 19.4. The Morgan fingerprint density at radius 3 is 2.70 bits per heavy atom. The number of urea groups is 1. The molecular formula is C17H17F3N2O. The van der Waals surface area contributed by atoms with E-state index >= 15 is 0 Å². The number of carbonyl (C=O) groups is 1. The summed E-state index contributed by atoms with van der Waals surface area (Å²) in [7, 11) is 0. The largest absolute Gasteiger partial charge is 0.416 e. The van der Waals surface area contributed by atoms with Gasteiger partial charge in [-0.15, -0.1) is 0 Å². The zero-order valence-electron chi connectivity index (χ0n) is 12.9. The molecule has 0 aromatic heterocycles. The zero-order valence-corrected chi connectivity index (χ0v) is 12.9. The minimum Gasteiger partial charge on any atom is -0.307 e. The Bertz CT molecular complexity index is 732. The number of carbonyl (C=O) groups excluding carboxylic acids is 1. The summed E-state index contributed by atoms with van der Waals surface area (Å²) in [5.74, 6) is 0. The minimum absolute atomic E-state index is 0.298. The van der Waals surface area contributed by atoms with Crippen LogP contribution < -0.4 is 5.32 Å². The predicted molar refractivity (Wildman–Crippen MR) is 82.8 cm³/mol. The zero-order chi connectivity index (χ0) is 16.8. The van der Waals surface area contributed by atoms with Gasteiger partial charge in [0.25, 0.3) is 0 Å². The van der Waals surface area contributed by atoms with Gasteiger partial charge in [-0.2, -0.15) is 13.2 Å². The number of rotatable bonds is 1. The van der Waals surface area contributed by atoms with E-state index in [1.54, 1.807) is 4.90 Å². The summed E-state index contributed by atoms with van der Waals surface area (Å²) in [5.41, 5.74) is 2.74. The summed E-state index contributed by atoms with van der Waals surface area (Å²) >= 11 is 0. The van der Waals surface area contributed by atoms with Crippen molar-refractivity contribution in [1.82, 2.24) is 4.90 Å². The lowest BCUT2D eigenvalue weighted by molar-refractivity contribution is -0.137. The van der Waals surface area contributed by atoms with Crippen molar-refractivity contribution in [1.29, 1.82) is 0 Å². The first-order chi connectivity index (χ1) is 10.8. The van der Waals surface area contributed by atoms with Crippen LogP contribution in [0.1, 0.15) is 37.8 Å². The van der Waals surface area contributed by atoms with E-state index in [1.807, 2.05) is 13.8 Å². The first-order valence-electron chi connectivity index (χ1n) is 7.49. The first-order valence-corrected chi connectivity index (χ1v) is 7.49. The van der Waals surface area contributed by atoms with Crippen LogP contribution in [0.15, 0.2) is 35.4 Å². The maximum atomic E-state index is 13.0. The van der Waals surface area contributed by atoms with Crippen LogP contribution in [0.3, 0.4) is 0 Å². The van der Waals surface area contributed by atoms with E-state index in [2.05, 4.69) is 11.4 Å². The van der Waals surface area contributed by atoms with Gasteiger partial charge in [0.2, 0.25) is 0 Å². The molecule has 0 atom stereocenters. The molecule has 3 rings (SSSR count). The number of allylic oxidation sites excluding steroid dienone is 2. The molecule has 1 aromatic carbocycles. The highest BCUT2D eigenvalue weighted by Gasteiger charge is 2.35. The third-order valence-electron chi connectivity index (χ3n) is 4.28. The molecule has 1 N–H and O–H groups in total. The molecule has 6 heteroatoms. The van der Waals surface area contributed by atoms with E-state index in [1.165, 1.54) is 6.07 Å². The Morgan fingerprint density at radius 2 is 2.04 bits per heavy atom. The van der Waals surface area contributed by atoms with Crippen LogP contribution in [0.4, 0.5) is 23.7 Å². The van der Waals surface area contributed by atoms with Crippen molar-refractivity contribution >= 4 is 17.4 Å². The number of hydrogen-bond acceptors (Lipinski definition) is 1. The van der Waals surface area contributed by atoms with Gasteiger partial charge < -0.3 is 5.32 Å². The van der Waals surface area contributed by atoms with Gasteiger partial charge in [-0.05, 0) is 43.5 Å². The molecule has 0 fully saturated rings. The number of alkyl halides is 3. The van der Waals surface area contributed by atoms with Crippen molar-refractivity contribution < 1.29 is 18.0 Å². The molecule has 0 aliphatic carbocycles. The van der Waals surface area contributed by atoms with E-state index < -0.39 is 11.7 Å². The Labute approximate surface area is 132 Å². The number of benzene rings is 1. The maximum Gasteiger partial charge on any atom is 0.416 e. The second kappa shape index (κ2) is 5.44. The highest BCUT2D eigenvalue weighted by Crippen LogP contribution is 2.40. The van der Waals surface area contributed by atoms with Gasteiger partial charge in [-0.25, -0.2) is 4.79 Å². The molecule has 2 amide bonds. The molecule has 23 heavy (non-hydrogen) atoms. The van der Waals surface area contributed by atoms with E-state index in [9.17, 15) is 18.0 Å². The number of anilines is 1. The Balaban J connectivity index is 2.15. The smallest absolute Gasteiger partial charge is 0.307 e. The minimum atomic E-state index is -4.41. The Morgan fingerprint density at radius 1 is 1.30 bits per heavy atom. The molecule has 1 aromatic rings. The van der Waals surface area contributed by atoms with E-state index in [-0.39, 0.29) is 6.03 Å². The van der Waals surface area contributed by atoms with Gasteiger partial charge in [-0.3, -0.25) is 4.90 Å². The van der Waals surface area contributed by atoms with Crippen LogP contribution in [0.5, 0.6) is 0 Å². The molecule has 0 unspecified atom stereocenters. The predicted octanol–water partition coefficient (Wildman–Crippen LogP) is 5.02. The summed E-state index contributed by atoms with van der Waals surface area (Å²) in [6, 6.07) is 3.15. The molecule has 2 aliphatic heterocycles. The van der Waals surface area contributed by atoms with Crippen molar-refractivity contribution in [3.8, 4) is 0 Å². The van der Waals surface area contributed by atoms with Crippen LogP contribution >= 0.6 is 0 Å². The second-order valence-electron chi connectivity index (χ2n) is 5.82. The van der Waals surface area contributed by atoms with Crippen molar-refractivity contribution in [2.45, 2.75) is 32.9 Å². The van der Waals surface area contributed by atoms with Gasteiger partial charge in [0.1, 0.15) is 0 Å². The lowest BCUT2D eigenvalue weighted by atomic mass is 9.98. The van der Waals surface area contributed by atoms with Gasteiger partial charge in [-0.1, -0.05) is 18.6 Å². The quantitative estimate of drug-likeness (QED) is 0.723. The molecule has 2 aliphatic rings. The summed E-state index contributed by atoms with van der Waals surface area (Å²) < 4.78 is 39.1. The second-order valence-corrected chi connectivity index (χ2v) is 5.82. The van der Waals surface area contributed by atoms with Gasteiger partial charge in [0.15, 0.2) is 0 Å². The van der Waals surface area contributed by atoms with Gasteiger partial charge >= 0.3 is 12.2 Å². The first kappa shape index (κ1) is 15.6. The van der Waals surface area contributed by atoms with Crippen LogP contribution in [-0.4, -0.2) is 17.5 Å². The molecule has 2 heterocycles. The molecule has 0 saturated heterocycles. The molecule has 122 valence electrons. The topological polar surface area (TPSA) is 32.3 Å². The number of halogens is 3. The molecule has 0 bridgehead atoms. The third-order valence-corrected chi connectivity index (χ3v) is 4.28. The van der Waals surface area contributed by atoms with E-state index in [0.717, 1.165) is 29.7 Å². The third kappa shape index (κ3) is 2.73. The summed E-state index contributed by atoms with van der Waals surface area (Å²) in [5, 5.41) is 2.69. The molecule has 0 saturated carbocycles. The number of amides is 2. The molecule has 3 nitrogen and oxygen atoms in total. The monoisotopic (exact) mass is 322 g/mol. The fraction of sp³-hybridized carbons (Fsp3) is 0.353. The van der Waals surface area contributed by atoms with Crippen molar-refractivity contribution in [2.24, 2.45) is 0 Å². The van der Waals surface area contributed by atoms with E-state index in [4.69, 9.17) is 0 Å². The fourth-order valence-electron chi connectivity index (χ4n) is 2.98. The lowest BCUT2D eigenvalue weighted by Crippen LogP contribution is -2.39. The Hall–Kier alpha value is -2.24. The lowest BCUT2D eigenvalue weighted by Gasteiger charge is -2.33. The average Bonchev–Trinajstić information content (AvgIpc) is 2.66. The highest BCUT2D eigenvalue weighted by molar-refractivity contribution is 6.03. The van der Waals surface area contributed by atoms with Crippen LogP contribution in [0.2, 0.25) is 0 Å². The Kier molecular flexibility index (Phi) is 3.70. The van der Waals surface area contributed by atoms with Gasteiger partial charge in [0, 0.05) is 12.1 Å². The van der Waals surface area contributed by atoms with Crippen LogP contribution in [0, 0.1) is 0 Å². The number of fused-ring (bicyclic) bond motifs is 3. The van der Waals surface area contributed by atoms with Crippen LogP contribution in [0.25, 0.3) is 5.70 Å². The average molecular weight is 322 g/mol. The standard InChI is InChI=1S/C17H17F3N2O/c1-3-11-5-4-10(2)15-13-8-12(17(18,19)20)6-7-14(13)21-16(23)22(15)9-11/h5-8H,3-4,9H2,1-2H3,(H,21,23). The molecular weight excluding hydrogens is 305 g/mol. The molecule has 0 spiro atoms. The van der Waals surface area contributed by atoms with Crippen molar-refractivity contribution in [3.05, 3.63) is 46.5 Å². The number of hydrogen-bond donors (Lipinski definition) is 1. The number of nitrogens with one attached hydrogen (secondary N) is 1. The molecule has 0 radical (unpaired) electrons. The maximum absolute atomic E-state index is 13.0. The van der Waals surface area contributed by atoms with E-state index in [0.29, 0.717) is 29.9 Å². The van der Waals surface area contributed by atoms with Crippen molar-refractivity contribution in [3.63, 3.8) is 0 Å². The SMILES string of the molecule is CCC1=CCC(C)=C2c3cc(C(F)(F)F)ccc3NC(=O)N2C1. The van der Waals surface area contributed by atoms with Crippen molar-refractivity contribution in [2.75, 3.05) is 11.9 Å². The normalized spacial score (nSPS) is 18.0. The summed E-state index contributed by atoms with van der Waals surface area (Å²) in [6.07, 6.45) is -0.910. The van der Waals surface area contributed by atoms with Crippen LogP contribution in [-0.2, 0) is 6.18 Å². The van der Waals surface area contributed by atoms with Gasteiger partial charge in [0.05, 0.1) is 16.9 Å². The fourth-order valence-corrected chi connectivity index (χ4v) is 2.98. The summed E-state index contributed by atoms with van der Waals surface area (Å²) in [4.78, 5) is 13.9. The summed E-state index contributed by atoms with van der Waals surface area (Å²) in [6.45, 7) is 4.27.